The highest BCUT2D eigenvalue weighted by molar-refractivity contribution is 5.85. The zero-order chi connectivity index (χ0) is 13.7. The van der Waals surface area contributed by atoms with Gasteiger partial charge in [-0.3, -0.25) is 0 Å². The molecule has 2 rings (SSSR count). The van der Waals surface area contributed by atoms with Crippen molar-refractivity contribution in [3.63, 3.8) is 0 Å². The van der Waals surface area contributed by atoms with Crippen LogP contribution in [0.5, 0.6) is 0 Å². The lowest BCUT2D eigenvalue weighted by atomic mass is 9.71. The third-order valence-corrected chi connectivity index (χ3v) is 4.49. The van der Waals surface area contributed by atoms with Crippen molar-refractivity contribution in [2.24, 2.45) is 5.92 Å². The third-order valence-electron chi connectivity index (χ3n) is 4.49. The van der Waals surface area contributed by atoms with Gasteiger partial charge in [-0.15, -0.1) is 12.4 Å². The zero-order valence-corrected chi connectivity index (χ0v) is 13.5. The average molecular weight is 298 g/mol. The van der Waals surface area contributed by atoms with Crippen molar-refractivity contribution in [2.75, 3.05) is 20.6 Å². The minimum Gasteiger partial charge on any atom is -0.385 e. The Balaban J connectivity index is 0.00000200. The third kappa shape index (κ3) is 4.21. The minimum absolute atomic E-state index is 0. The van der Waals surface area contributed by atoms with Gasteiger partial charge in [0.2, 0.25) is 0 Å². The van der Waals surface area contributed by atoms with E-state index in [0.29, 0.717) is 5.92 Å². The van der Waals surface area contributed by atoms with Crippen molar-refractivity contribution in [1.82, 2.24) is 4.90 Å². The molecule has 0 aromatic heterocycles. The van der Waals surface area contributed by atoms with Gasteiger partial charge in [0.05, 0.1) is 5.60 Å². The van der Waals surface area contributed by atoms with Crippen LogP contribution in [-0.4, -0.2) is 30.6 Å². The van der Waals surface area contributed by atoms with Gasteiger partial charge in [-0.1, -0.05) is 49.6 Å². The lowest BCUT2D eigenvalue weighted by Gasteiger charge is -2.39. The summed E-state index contributed by atoms with van der Waals surface area (Å²) < 4.78 is 0. The van der Waals surface area contributed by atoms with Crippen molar-refractivity contribution in [1.29, 1.82) is 0 Å². The predicted molar refractivity (Wildman–Crippen MR) is 87.3 cm³/mol. The maximum Gasteiger partial charge on any atom is 0.0936 e. The molecule has 2 nitrogen and oxygen atoms in total. The molecule has 20 heavy (non-hydrogen) atoms. The molecular weight excluding hydrogens is 270 g/mol. The first kappa shape index (κ1) is 17.5. The lowest BCUT2D eigenvalue weighted by Crippen LogP contribution is -2.39. The van der Waals surface area contributed by atoms with Crippen LogP contribution in [0.2, 0.25) is 0 Å². The summed E-state index contributed by atoms with van der Waals surface area (Å²) in [5, 5.41) is 11.3. The number of rotatable bonds is 5. The highest BCUT2D eigenvalue weighted by atomic mass is 35.5. The van der Waals surface area contributed by atoms with E-state index < -0.39 is 5.60 Å². The highest BCUT2D eigenvalue weighted by Crippen LogP contribution is 2.41. The van der Waals surface area contributed by atoms with Crippen molar-refractivity contribution >= 4 is 12.4 Å². The van der Waals surface area contributed by atoms with Crippen LogP contribution < -0.4 is 0 Å². The maximum absolute atomic E-state index is 11.3. The number of hydrogen-bond acceptors (Lipinski definition) is 2. The van der Waals surface area contributed by atoms with Gasteiger partial charge in [0.15, 0.2) is 0 Å². The summed E-state index contributed by atoms with van der Waals surface area (Å²) in [5.74, 6) is 0.420. The molecule has 0 saturated heterocycles. The molecule has 1 aromatic rings. The van der Waals surface area contributed by atoms with E-state index in [2.05, 4.69) is 31.1 Å². The first-order chi connectivity index (χ1) is 9.13. The van der Waals surface area contributed by atoms with Crippen LogP contribution in [0, 0.1) is 5.92 Å². The lowest BCUT2D eigenvalue weighted by molar-refractivity contribution is -0.0499. The average Bonchev–Trinajstić information content (AvgIpc) is 2.46. The van der Waals surface area contributed by atoms with Crippen molar-refractivity contribution in [3.05, 3.63) is 35.9 Å². The molecule has 1 unspecified atom stereocenters. The highest BCUT2D eigenvalue weighted by Gasteiger charge is 2.38. The van der Waals surface area contributed by atoms with Crippen LogP contribution in [0.15, 0.2) is 30.3 Å². The van der Waals surface area contributed by atoms with E-state index in [0.717, 1.165) is 18.5 Å². The van der Waals surface area contributed by atoms with Gasteiger partial charge in [-0.25, -0.2) is 0 Å². The Kier molecular flexibility index (Phi) is 7.01. The molecule has 1 fully saturated rings. The molecule has 1 aliphatic carbocycles. The number of nitrogens with zero attached hydrogens (tertiary/aromatic N) is 1. The second-order valence-electron chi connectivity index (χ2n) is 6.18. The first-order valence-electron chi connectivity index (χ1n) is 7.55. The molecule has 0 spiro atoms. The Morgan fingerprint density at radius 3 is 2.25 bits per heavy atom. The molecule has 114 valence electrons. The van der Waals surface area contributed by atoms with Crippen LogP contribution in [0.3, 0.4) is 0 Å². The van der Waals surface area contributed by atoms with Crippen molar-refractivity contribution < 1.29 is 5.11 Å². The van der Waals surface area contributed by atoms with Crippen LogP contribution >= 0.6 is 12.4 Å². The summed E-state index contributed by atoms with van der Waals surface area (Å²) in [6.45, 7) is 0.932. The van der Waals surface area contributed by atoms with E-state index in [9.17, 15) is 5.11 Å². The predicted octanol–water partition coefficient (Wildman–Crippen LogP) is 3.83. The molecule has 0 bridgehead atoms. The number of aliphatic hydroxyl groups is 1. The molecule has 1 saturated carbocycles. The molecule has 0 radical (unpaired) electrons. The molecule has 1 atom stereocenters. The van der Waals surface area contributed by atoms with Gasteiger partial charge in [0.25, 0.3) is 0 Å². The van der Waals surface area contributed by atoms with Crippen molar-refractivity contribution in [2.45, 2.75) is 44.1 Å². The summed E-state index contributed by atoms with van der Waals surface area (Å²) >= 11 is 0. The fourth-order valence-electron chi connectivity index (χ4n) is 3.29. The second kappa shape index (κ2) is 8.02. The number of halogens is 1. The van der Waals surface area contributed by atoms with Gasteiger partial charge in [-0.05, 0) is 44.8 Å². The fourth-order valence-corrected chi connectivity index (χ4v) is 3.29. The van der Waals surface area contributed by atoms with E-state index in [1.165, 1.54) is 32.1 Å². The van der Waals surface area contributed by atoms with E-state index in [4.69, 9.17) is 0 Å². The molecule has 1 N–H and O–H groups in total. The van der Waals surface area contributed by atoms with E-state index in [1.54, 1.807) is 0 Å². The molecule has 0 heterocycles. The zero-order valence-electron chi connectivity index (χ0n) is 12.7. The smallest absolute Gasteiger partial charge is 0.0936 e. The van der Waals surface area contributed by atoms with E-state index >= 15 is 0 Å². The summed E-state index contributed by atoms with van der Waals surface area (Å²) in [6, 6.07) is 10.3. The van der Waals surface area contributed by atoms with Crippen molar-refractivity contribution in [3.8, 4) is 0 Å². The van der Waals surface area contributed by atoms with Gasteiger partial charge >= 0.3 is 0 Å². The normalized spacial score (nSPS) is 19.4. The van der Waals surface area contributed by atoms with E-state index in [-0.39, 0.29) is 12.4 Å². The van der Waals surface area contributed by atoms with Gasteiger partial charge in [0, 0.05) is 6.54 Å². The Morgan fingerprint density at radius 1 is 1.10 bits per heavy atom. The molecule has 3 heteroatoms. The molecular formula is C17H28ClNO. The SMILES string of the molecule is CN(C)CCC(O)(c1ccccc1)C1CCCCC1.Cl. The van der Waals surface area contributed by atoms with Gasteiger partial charge in [0.1, 0.15) is 0 Å². The Labute approximate surface area is 129 Å². The maximum atomic E-state index is 11.3. The topological polar surface area (TPSA) is 23.5 Å². The largest absolute Gasteiger partial charge is 0.385 e. The standard InChI is InChI=1S/C17H27NO.ClH/c1-18(2)14-13-17(19,15-9-5-3-6-10-15)16-11-7-4-8-12-16;/h3,5-6,9-10,16,19H,4,7-8,11-14H2,1-2H3;1H. The Morgan fingerprint density at radius 2 is 1.70 bits per heavy atom. The van der Waals surface area contributed by atoms with Crippen LogP contribution in [0.4, 0.5) is 0 Å². The summed E-state index contributed by atoms with van der Waals surface area (Å²) in [4.78, 5) is 2.16. The molecule has 0 amide bonds. The summed E-state index contributed by atoms with van der Waals surface area (Å²) in [7, 11) is 4.15. The Bertz CT molecular complexity index is 376. The fraction of sp³-hybridized carbons (Fsp3) is 0.647. The molecule has 1 aliphatic rings. The summed E-state index contributed by atoms with van der Waals surface area (Å²) in [6.07, 6.45) is 7.02. The monoisotopic (exact) mass is 297 g/mol. The van der Waals surface area contributed by atoms with Crippen LogP contribution in [0.1, 0.15) is 44.1 Å². The first-order valence-corrected chi connectivity index (χ1v) is 7.55. The van der Waals surface area contributed by atoms with Gasteiger partial charge < -0.3 is 10.0 Å². The van der Waals surface area contributed by atoms with Crippen LogP contribution in [-0.2, 0) is 5.60 Å². The number of benzene rings is 1. The van der Waals surface area contributed by atoms with Gasteiger partial charge in [-0.2, -0.15) is 0 Å². The van der Waals surface area contributed by atoms with E-state index in [1.807, 2.05) is 18.2 Å². The minimum atomic E-state index is -0.647. The summed E-state index contributed by atoms with van der Waals surface area (Å²) in [5.41, 5.74) is 0.454. The molecule has 1 aromatic carbocycles. The second-order valence-corrected chi connectivity index (χ2v) is 6.18. The Hall–Kier alpha value is -0.570. The number of hydrogen-bond donors (Lipinski definition) is 1. The van der Waals surface area contributed by atoms with Crippen LogP contribution in [0.25, 0.3) is 0 Å². The molecule has 0 aliphatic heterocycles. The quantitative estimate of drug-likeness (QED) is 0.893.